The van der Waals surface area contributed by atoms with Gasteiger partial charge in [0.25, 0.3) is 0 Å². The van der Waals surface area contributed by atoms with E-state index in [1.54, 1.807) is 0 Å². The third kappa shape index (κ3) is 2.58. The number of aromatic nitrogens is 1. The van der Waals surface area contributed by atoms with Gasteiger partial charge in [-0.2, -0.15) is 0 Å². The lowest BCUT2D eigenvalue weighted by atomic mass is 10.0. The monoisotopic (exact) mass is 280 g/mol. The lowest BCUT2D eigenvalue weighted by Gasteiger charge is -2.11. The summed E-state index contributed by atoms with van der Waals surface area (Å²) in [6.45, 7) is 1.96. The van der Waals surface area contributed by atoms with Crippen molar-refractivity contribution in [1.29, 1.82) is 0 Å². The number of nitrogens with one attached hydrogen (secondary N) is 1. The highest BCUT2D eigenvalue weighted by molar-refractivity contribution is 6.11. The predicted octanol–water partition coefficient (Wildman–Crippen LogP) is 3.28. The van der Waals surface area contributed by atoms with E-state index in [0.29, 0.717) is 0 Å². The molecule has 21 heavy (non-hydrogen) atoms. The van der Waals surface area contributed by atoms with Gasteiger partial charge in [-0.15, -0.1) is 0 Å². The lowest BCUT2D eigenvalue weighted by Crippen LogP contribution is -2.17. The third-order valence-corrected chi connectivity index (χ3v) is 3.38. The van der Waals surface area contributed by atoms with Gasteiger partial charge in [-0.25, -0.2) is 0 Å². The van der Waals surface area contributed by atoms with E-state index in [9.17, 15) is 4.79 Å². The molecule has 0 aliphatic carbocycles. The Labute approximate surface area is 122 Å². The van der Waals surface area contributed by atoms with Crippen LogP contribution in [-0.2, 0) is 9.53 Å². The van der Waals surface area contributed by atoms with Crippen LogP contribution in [0.2, 0.25) is 0 Å². The Hall–Kier alpha value is -2.46. The first-order valence-electron chi connectivity index (χ1n) is 6.77. The Kier molecular flexibility index (Phi) is 3.54. The number of pyridine rings is 1. The number of carbonyl (C=O) groups excluding carboxylic acids is 1. The van der Waals surface area contributed by atoms with E-state index in [2.05, 4.69) is 16.4 Å². The van der Waals surface area contributed by atoms with Gasteiger partial charge in [0, 0.05) is 23.6 Å². The number of carbonyl (C=O) groups is 1. The molecule has 1 heterocycles. The zero-order chi connectivity index (χ0) is 14.8. The van der Waals surface area contributed by atoms with Crippen molar-refractivity contribution < 1.29 is 9.53 Å². The van der Waals surface area contributed by atoms with E-state index in [1.807, 2.05) is 43.3 Å². The molecular weight excluding hydrogens is 264 g/mol. The summed E-state index contributed by atoms with van der Waals surface area (Å²) < 4.78 is 4.86. The van der Waals surface area contributed by atoms with E-state index in [1.165, 1.54) is 7.11 Å². The standard InChI is InChI=1S/C17H16N2O2/c1-11-9-15(19-16(20)10-21-2)14-8-7-12-5-3-4-6-13(12)17(14)18-11/h3-9H,10H2,1-2H3,(H,18,19,20). The van der Waals surface area contributed by atoms with Gasteiger partial charge >= 0.3 is 0 Å². The maximum atomic E-state index is 11.8. The van der Waals surface area contributed by atoms with Crippen LogP contribution in [0.25, 0.3) is 21.7 Å². The molecule has 0 bridgehead atoms. The third-order valence-electron chi connectivity index (χ3n) is 3.38. The van der Waals surface area contributed by atoms with Crippen molar-refractivity contribution in [2.45, 2.75) is 6.92 Å². The summed E-state index contributed by atoms with van der Waals surface area (Å²) in [6, 6.07) is 14.0. The van der Waals surface area contributed by atoms with E-state index >= 15 is 0 Å². The molecule has 0 saturated carbocycles. The minimum absolute atomic E-state index is 0.0381. The molecule has 0 fully saturated rings. The summed E-state index contributed by atoms with van der Waals surface area (Å²) >= 11 is 0. The molecule has 1 aromatic heterocycles. The first kappa shape index (κ1) is 13.5. The van der Waals surface area contributed by atoms with Gasteiger partial charge in [0.1, 0.15) is 6.61 Å². The van der Waals surface area contributed by atoms with Crippen molar-refractivity contribution in [2.24, 2.45) is 0 Å². The van der Waals surface area contributed by atoms with Gasteiger partial charge in [-0.1, -0.05) is 36.4 Å². The SMILES string of the molecule is COCC(=O)Nc1cc(C)nc2c1ccc1ccccc12. The van der Waals surface area contributed by atoms with E-state index < -0.39 is 0 Å². The molecule has 0 radical (unpaired) electrons. The second kappa shape index (κ2) is 5.50. The van der Waals surface area contributed by atoms with Crippen LogP contribution in [0.15, 0.2) is 42.5 Å². The molecule has 1 amide bonds. The smallest absolute Gasteiger partial charge is 0.250 e. The second-order valence-electron chi connectivity index (χ2n) is 4.98. The fourth-order valence-corrected chi connectivity index (χ4v) is 2.51. The minimum Gasteiger partial charge on any atom is -0.375 e. The van der Waals surface area contributed by atoms with Crippen molar-refractivity contribution in [2.75, 3.05) is 19.0 Å². The van der Waals surface area contributed by atoms with Crippen LogP contribution in [-0.4, -0.2) is 24.6 Å². The van der Waals surface area contributed by atoms with Crippen LogP contribution in [0.3, 0.4) is 0 Å². The van der Waals surface area contributed by atoms with E-state index in [-0.39, 0.29) is 12.5 Å². The van der Waals surface area contributed by atoms with Crippen LogP contribution in [0.5, 0.6) is 0 Å². The van der Waals surface area contributed by atoms with Crippen LogP contribution < -0.4 is 5.32 Å². The van der Waals surface area contributed by atoms with Gasteiger partial charge < -0.3 is 10.1 Å². The first-order valence-corrected chi connectivity index (χ1v) is 6.77. The Balaban J connectivity index is 2.21. The number of amides is 1. The number of benzene rings is 2. The number of nitrogens with zero attached hydrogens (tertiary/aromatic N) is 1. The largest absolute Gasteiger partial charge is 0.375 e. The number of anilines is 1. The fourth-order valence-electron chi connectivity index (χ4n) is 2.51. The van der Waals surface area contributed by atoms with Gasteiger partial charge in [-0.3, -0.25) is 9.78 Å². The molecule has 0 spiro atoms. The number of hydrogen-bond acceptors (Lipinski definition) is 3. The molecule has 3 aromatic rings. The summed E-state index contributed by atoms with van der Waals surface area (Å²) in [5.74, 6) is -0.169. The highest BCUT2D eigenvalue weighted by atomic mass is 16.5. The van der Waals surface area contributed by atoms with Gasteiger partial charge in [0.05, 0.1) is 11.2 Å². The maximum Gasteiger partial charge on any atom is 0.250 e. The number of ether oxygens (including phenoxy) is 1. The molecule has 2 aromatic carbocycles. The highest BCUT2D eigenvalue weighted by Gasteiger charge is 2.10. The van der Waals surface area contributed by atoms with Crippen LogP contribution in [0.1, 0.15) is 5.69 Å². The van der Waals surface area contributed by atoms with Crippen LogP contribution >= 0.6 is 0 Å². The predicted molar refractivity (Wildman–Crippen MR) is 84.5 cm³/mol. The quantitative estimate of drug-likeness (QED) is 0.749. The van der Waals surface area contributed by atoms with Gasteiger partial charge in [-0.05, 0) is 18.4 Å². The molecule has 4 heteroatoms. The average Bonchev–Trinajstić information content (AvgIpc) is 2.47. The van der Waals surface area contributed by atoms with Crippen molar-refractivity contribution >= 4 is 33.3 Å². The Bertz CT molecular complexity index is 827. The summed E-state index contributed by atoms with van der Waals surface area (Å²) in [7, 11) is 1.50. The highest BCUT2D eigenvalue weighted by Crippen LogP contribution is 2.29. The molecule has 106 valence electrons. The number of hydrogen-bond donors (Lipinski definition) is 1. The number of fused-ring (bicyclic) bond motifs is 3. The zero-order valence-electron chi connectivity index (χ0n) is 12.0. The summed E-state index contributed by atoms with van der Waals surface area (Å²) in [4.78, 5) is 16.4. The Morgan fingerprint density at radius 1 is 1.19 bits per heavy atom. The summed E-state index contributed by atoms with van der Waals surface area (Å²) in [5.41, 5.74) is 2.54. The molecular formula is C17H16N2O2. The van der Waals surface area contributed by atoms with Crippen molar-refractivity contribution in [3.63, 3.8) is 0 Å². The van der Waals surface area contributed by atoms with E-state index in [4.69, 9.17) is 4.74 Å². The molecule has 1 N–H and O–H groups in total. The molecule has 0 atom stereocenters. The van der Waals surface area contributed by atoms with Crippen LogP contribution in [0, 0.1) is 6.92 Å². The summed E-state index contributed by atoms with van der Waals surface area (Å²) in [5, 5.41) is 6.04. The Morgan fingerprint density at radius 3 is 2.81 bits per heavy atom. The molecule has 0 saturated heterocycles. The Morgan fingerprint density at radius 2 is 2.00 bits per heavy atom. The normalized spacial score (nSPS) is 11.0. The topological polar surface area (TPSA) is 51.2 Å². The molecule has 4 nitrogen and oxygen atoms in total. The number of methoxy groups -OCH3 is 1. The van der Waals surface area contributed by atoms with Crippen molar-refractivity contribution in [3.05, 3.63) is 48.2 Å². The van der Waals surface area contributed by atoms with Crippen LogP contribution in [0.4, 0.5) is 5.69 Å². The number of rotatable bonds is 3. The minimum atomic E-state index is -0.169. The second-order valence-corrected chi connectivity index (χ2v) is 4.98. The van der Waals surface area contributed by atoms with E-state index in [0.717, 1.165) is 33.1 Å². The molecule has 0 aliphatic rings. The van der Waals surface area contributed by atoms with Gasteiger partial charge in [0.15, 0.2) is 0 Å². The zero-order valence-corrected chi connectivity index (χ0v) is 12.0. The molecule has 3 rings (SSSR count). The number of aryl methyl sites for hydroxylation is 1. The van der Waals surface area contributed by atoms with Crippen molar-refractivity contribution in [3.8, 4) is 0 Å². The fraction of sp³-hybridized carbons (Fsp3) is 0.176. The maximum absolute atomic E-state index is 11.8. The average molecular weight is 280 g/mol. The molecule has 0 unspecified atom stereocenters. The van der Waals surface area contributed by atoms with Gasteiger partial charge in [0.2, 0.25) is 5.91 Å². The first-order chi connectivity index (χ1) is 10.2. The van der Waals surface area contributed by atoms with Crippen molar-refractivity contribution in [1.82, 2.24) is 4.98 Å². The summed E-state index contributed by atoms with van der Waals surface area (Å²) in [6.07, 6.45) is 0. The molecule has 0 aliphatic heterocycles. The lowest BCUT2D eigenvalue weighted by molar-refractivity contribution is -0.119.